The van der Waals surface area contributed by atoms with Crippen molar-refractivity contribution in [3.63, 3.8) is 0 Å². The topological polar surface area (TPSA) is 12.0 Å². The summed E-state index contributed by atoms with van der Waals surface area (Å²) < 4.78 is 0. The summed E-state index contributed by atoms with van der Waals surface area (Å²) in [7, 11) is 0. The second kappa shape index (κ2) is 6.22. The third-order valence-electron chi connectivity index (χ3n) is 5.54. The van der Waals surface area contributed by atoms with Crippen LogP contribution in [-0.4, -0.2) is 12.1 Å². The molecule has 2 fully saturated rings. The molecule has 2 rings (SSSR count). The normalized spacial score (nSPS) is 37.2. The maximum atomic E-state index is 3.93. The van der Waals surface area contributed by atoms with E-state index in [0.29, 0.717) is 0 Å². The van der Waals surface area contributed by atoms with Gasteiger partial charge in [-0.05, 0) is 43.9 Å². The van der Waals surface area contributed by atoms with E-state index in [1.54, 1.807) is 0 Å². The largest absolute Gasteiger partial charge is 0.311 e. The van der Waals surface area contributed by atoms with Crippen LogP contribution in [0.1, 0.15) is 72.1 Å². The third-order valence-corrected chi connectivity index (χ3v) is 5.54. The summed E-state index contributed by atoms with van der Waals surface area (Å²) in [6, 6.07) is 1.57. The molecule has 4 atom stereocenters. The average Bonchev–Trinajstić information content (AvgIpc) is 2.61. The maximum Gasteiger partial charge on any atom is 0.0101 e. The predicted octanol–water partition coefficient (Wildman–Crippen LogP) is 4.37. The van der Waals surface area contributed by atoms with Gasteiger partial charge < -0.3 is 5.32 Å². The lowest BCUT2D eigenvalue weighted by Crippen LogP contribution is -2.53. The van der Waals surface area contributed by atoms with Gasteiger partial charge >= 0.3 is 0 Å². The average molecular weight is 237 g/mol. The molecule has 0 aliphatic heterocycles. The van der Waals surface area contributed by atoms with E-state index in [1.807, 2.05) is 0 Å². The van der Waals surface area contributed by atoms with Crippen LogP contribution in [-0.2, 0) is 0 Å². The first kappa shape index (κ1) is 13.4. The quantitative estimate of drug-likeness (QED) is 0.716. The van der Waals surface area contributed by atoms with Crippen LogP contribution in [0.4, 0.5) is 0 Å². The minimum absolute atomic E-state index is 0.748. The van der Waals surface area contributed by atoms with Crippen LogP contribution in [0.2, 0.25) is 0 Å². The summed E-state index contributed by atoms with van der Waals surface area (Å²) in [6.45, 7) is 7.21. The van der Waals surface area contributed by atoms with Crippen molar-refractivity contribution in [2.24, 2.45) is 17.8 Å². The summed E-state index contributed by atoms with van der Waals surface area (Å²) in [4.78, 5) is 0. The molecule has 0 bridgehead atoms. The second-order valence-electron chi connectivity index (χ2n) is 6.58. The van der Waals surface area contributed by atoms with E-state index >= 15 is 0 Å². The Hall–Kier alpha value is -0.0400. The molecule has 0 aromatic heterocycles. The van der Waals surface area contributed by atoms with Crippen molar-refractivity contribution >= 4 is 0 Å². The van der Waals surface area contributed by atoms with Gasteiger partial charge in [-0.1, -0.05) is 46.0 Å². The molecule has 100 valence electrons. The van der Waals surface area contributed by atoms with Gasteiger partial charge in [-0.3, -0.25) is 0 Å². The van der Waals surface area contributed by atoms with Crippen LogP contribution in [0.15, 0.2) is 0 Å². The van der Waals surface area contributed by atoms with Crippen molar-refractivity contribution in [3.8, 4) is 0 Å². The molecule has 4 unspecified atom stereocenters. The van der Waals surface area contributed by atoms with E-state index in [0.717, 1.165) is 29.8 Å². The van der Waals surface area contributed by atoms with Crippen LogP contribution in [0, 0.1) is 17.8 Å². The highest BCUT2D eigenvalue weighted by atomic mass is 15.0. The molecule has 2 aliphatic rings. The van der Waals surface area contributed by atoms with E-state index in [1.165, 1.54) is 51.4 Å². The smallest absolute Gasteiger partial charge is 0.0101 e. The molecule has 1 heteroatoms. The Morgan fingerprint density at radius 2 is 1.76 bits per heavy atom. The molecular formula is C16H31N. The summed E-state index contributed by atoms with van der Waals surface area (Å²) in [5, 5.41) is 3.93. The molecule has 0 aromatic rings. The SMILES string of the molecule is CCC1CC(NC(C)C2CCCCCC2)C1C. The lowest BCUT2D eigenvalue weighted by atomic mass is 9.68. The number of hydrogen-bond donors (Lipinski definition) is 1. The van der Waals surface area contributed by atoms with Crippen LogP contribution in [0.5, 0.6) is 0 Å². The Morgan fingerprint density at radius 1 is 1.12 bits per heavy atom. The Balaban J connectivity index is 1.75. The molecule has 2 saturated carbocycles. The standard InChI is InChI=1S/C16H31N/c1-4-14-11-16(12(14)2)17-13(3)15-9-7-5-6-8-10-15/h12-17H,4-11H2,1-3H3. The van der Waals surface area contributed by atoms with Gasteiger partial charge in [-0.25, -0.2) is 0 Å². The predicted molar refractivity (Wildman–Crippen MR) is 75.1 cm³/mol. The van der Waals surface area contributed by atoms with Gasteiger partial charge in [0.2, 0.25) is 0 Å². The van der Waals surface area contributed by atoms with E-state index < -0.39 is 0 Å². The maximum absolute atomic E-state index is 3.93. The minimum Gasteiger partial charge on any atom is -0.311 e. The Morgan fingerprint density at radius 3 is 2.29 bits per heavy atom. The fourth-order valence-electron chi connectivity index (χ4n) is 3.93. The highest BCUT2D eigenvalue weighted by Gasteiger charge is 2.37. The lowest BCUT2D eigenvalue weighted by molar-refractivity contribution is 0.0982. The molecule has 0 aromatic carbocycles. The summed E-state index contributed by atoms with van der Waals surface area (Å²) in [5.41, 5.74) is 0. The molecule has 0 spiro atoms. The number of nitrogens with one attached hydrogen (secondary N) is 1. The van der Waals surface area contributed by atoms with E-state index in [9.17, 15) is 0 Å². The van der Waals surface area contributed by atoms with Crippen molar-refractivity contribution in [2.75, 3.05) is 0 Å². The van der Waals surface area contributed by atoms with Gasteiger partial charge in [-0.15, -0.1) is 0 Å². The Labute approximate surface area is 108 Å². The monoisotopic (exact) mass is 237 g/mol. The van der Waals surface area contributed by atoms with Gasteiger partial charge in [0, 0.05) is 12.1 Å². The van der Waals surface area contributed by atoms with Gasteiger partial charge in [-0.2, -0.15) is 0 Å². The third kappa shape index (κ3) is 3.24. The van der Waals surface area contributed by atoms with Crippen molar-refractivity contribution in [1.29, 1.82) is 0 Å². The highest BCUT2D eigenvalue weighted by Crippen LogP contribution is 2.37. The van der Waals surface area contributed by atoms with Crippen LogP contribution >= 0.6 is 0 Å². The molecule has 0 heterocycles. The van der Waals surface area contributed by atoms with E-state index in [-0.39, 0.29) is 0 Å². The zero-order valence-electron chi connectivity index (χ0n) is 12.0. The zero-order valence-corrected chi connectivity index (χ0v) is 12.0. The Bertz CT molecular complexity index is 218. The molecule has 2 aliphatic carbocycles. The number of rotatable bonds is 4. The first-order chi connectivity index (χ1) is 8.22. The van der Waals surface area contributed by atoms with E-state index in [2.05, 4.69) is 26.1 Å². The summed E-state index contributed by atoms with van der Waals surface area (Å²) in [5.74, 6) is 2.85. The van der Waals surface area contributed by atoms with Crippen LogP contribution < -0.4 is 5.32 Å². The van der Waals surface area contributed by atoms with Crippen LogP contribution in [0.3, 0.4) is 0 Å². The van der Waals surface area contributed by atoms with Crippen molar-refractivity contribution in [2.45, 2.75) is 84.2 Å². The molecule has 0 amide bonds. The van der Waals surface area contributed by atoms with Crippen molar-refractivity contribution < 1.29 is 0 Å². The molecule has 0 saturated heterocycles. The first-order valence-electron chi connectivity index (χ1n) is 7.98. The zero-order chi connectivity index (χ0) is 12.3. The Kier molecular flexibility index (Phi) is 4.90. The fraction of sp³-hybridized carbons (Fsp3) is 1.00. The molecule has 1 nitrogen and oxygen atoms in total. The lowest BCUT2D eigenvalue weighted by Gasteiger charge is -2.45. The molecule has 17 heavy (non-hydrogen) atoms. The van der Waals surface area contributed by atoms with Gasteiger partial charge in [0.15, 0.2) is 0 Å². The fourth-order valence-corrected chi connectivity index (χ4v) is 3.93. The minimum atomic E-state index is 0.748. The van der Waals surface area contributed by atoms with Crippen molar-refractivity contribution in [1.82, 2.24) is 5.32 Å². The van der Waals surface area contributed by atoms with E-state index in [4.69, 9.17) is 0 Å². The second-order valence-corrected chi connectivity index (χ2v) is 6.58. The van der Waals surface area contributed by atoms with Gasteiger partial charge in [0.25, 0.3) is 0 Å². The first-order valence-corrected chi connectivity index (χ1v) is 7.98. The van der Waals surface area contributed by atoms with Crippen LogP contribution in [0.25, 0.3) is 0 Å². The molecule has 0 radical (unpaired) electrons. The number of hydrogen-bond acceptors (Lipinski definition) is 1. The van der Waals surface area contributed by atoms with Gasteiger partial charge in [0.05, 0.1) is 0 Å². The highest BCUT2D eigenvalue weighted by molar-refractivity contribution is 4.93. The molecule has 1 N–H and O–H groups in total. The van der Waals surface area contributed by atoms with Crippen molar-refractivity contribution in [3.05, 3.63) is 0 Å². The summed E-state index contributed by atoms with van der Waals surface area (Å²) in [6.07, 6.45) is 11.6. The summed E-state index contributed by atoms with van der Waals surface area (Å²) >= 11 is 0. The molecular weight excluding hydrogens is 206 g/mol. The van der Waals surface area contributed by atoms with Gasteiger partial charge in [0.1, 0.15) is 0 Å².